The van der Waals surface area contributed by atoms with Crippen molar-refractivity contribution in [3.05, 3.63) is 0 Å². The van der Waals surface area contributed by atoms with Crippen molar-refractivity contribution in [3.63, 3.8) is 0 Å². The zero-order chi connectivity index (χ0) is 13.7. The Morgan fingerprint density at radius 2 is 1.95 bits per heavy atom. The molecule has 2 unspecified atom stereocenters. The highest BCUT2D eigenvalue weighted by molar-refractivity contribution is 5.85. The average molecular weight is 303 g/mol. The number of rotatable bonds is 5. The molecule has 0 spiro atoms. The lowest BCUT2D eigenvalue weighted by Crippen LogP contribution is -2.36. The molecule has 3 nitrogen and oxygen atoms in total. The molecule has 0 heterocycles. The third-order valence-electron chi connectivity index (χ3n) is 5.20. The minimum absolute atomic E-state index is 0. The van der Waals surface area contributed by atoms with Crippen LogP contribution in [0.5, 0.6) is 0 Å². The van der Waals surface area contributed by atoms with Crippen LogP contribution in [0.1, 0.15) is 58.3 Å². The van der Waals surface area contributed by atoms with Crippen LogP contribution in [-0.2, 0) is 4.79 Å². The van der Waals surface area contributed by atoms with E-state index in [1.54, 1.807) is 0 Å². The Morgan fingerprint density at radius 3 is 2.65 bits per heavy atom. The summed E-state index contributed by atoms with van der Waals surface area (Å²) in [5.41, 5.74) is 5.74. The summed E-state index contributed by atoms with van der Waals surface area (Å²) in [6.45, 7) is 3.89. The van der Waals surface area contributed by atoms with Crippen molar-refractivity contribution in [2.24, 2.45) is 29.4 Å². The second kappa shape index (κ2) is 8.89. The first-order chi connectivity index (χ1) is 9.20. The number of hydrogen-bond donors (Lipinski definition) is 2. The van der Waals surface area contributed by atoms with Gasteiger partial charge >= 0.3 is 0 Å². The number of hydrogen-bond acceptors (Lipinski definition) is 2. The van der Waals surface area contributed by atoms with Gasteiger partial charge in [-0.1, -0.05) is 32.6 Å². The fourth-order valence-corrected chi connectivity index (χ4v) is 4.02. The second-order valence-corrected chi connectivity index (χ2v) is 6.75. The Kier molecular flexibility index (Phi) is 7.90. The highest BCUT2D eigenvalue weighted by Gasteiger charge is 2.31. The standard InChI is InChI=1S/C16H30N2O.ClH/c1-12-4-2-5-13(10-12)8-9-18-16(19)15-7-3-6-14(15)11-17;/h12-15H,2-11,17H2,1H3,(H,18,19);1H/t12?,13?,14-,15-;/m1./s1. The summed E-state index contributed by atoms with van der Waals surface area (Å²) in [5.74, 6) is 2.59. The summed E-state index contributed by atoms with van der Waals surface area (Å²) in [7, 11) is 0. The molecule has 0 radical (unpaired) electrons. The maximum absolute atomic E-state index is 12.2. The van der Waals surface area contributed by atoms with Gasteiger partial charge in [0.25, 0.3) is 0 Å². The molecule has 2 aliphatic rings. The third-order valence-corrected chi connectivity index (χ3v) is 5.20. The minimum Gasteiger partial charge on any atom is -0.356 e. The van der Waals surface area contributed by atoms with Crippen LogP contribution in [-0.4, -0.2) is 19.0 Å². The highest BCUT2D eigenvalue weighted by Crippen LogP contribution is 2.32. The average Bonchev–Trinajstić information content (AvgIpc) is 2.87. The largest absolute Gasteiger partial charge is 0.356 e. The SMILES string of the molecule is CC1CCCC(CCNC(=O)[C@@H]2CCC[C@@H]2CN)C1.Cl. The molecule has 1 amide bonds. The number of amides is 1. The van der Waals surface area contributed by atoms with Crippen LogP contribution in [0.3, 0.4) is 0 Å². The fraction of sp³-hybridized carbons (Fsp3) is 0.938. The van der Waals surface area contributed by atoms with E-state index in [1.807, 2.05) is 0 Å². The predicted molar refractivity (Wildman–Crippen MR) is 85.9 cm³/mol. The molecule has 2 fully saturated rings. The van der Waals surface area contributed by atoms with Gasteiger partial charge in [0.1, 0.15) is 0 Å². The number of carbonyl (C=O) groups is 1. The molecule has 4 heteroatoms. The quantitative estimate of drug-likeness (QED) is 0.820. The smallest absolute Gasteiger partial charge is 0.223 e. The topological polar surface area (TPSA) is 55.1 Å². The Bertz CT molecular complexity index is 298. The molecule has 0 aliphatic heterocycles. The number of halogens is 1. The van der Waals surface area contributed by atoms with Crippen LogP contribution in [0.25, 0.3) is 0 Å². The minimum atomic E-state index is 0. The van der Waals surface area contributed by atoms with E-state index in [9.17, 15) is 4.79 Å². The first-order valence-corrected chi connectivity index (χ1v) is 8.18. The number of nitrogens with one attached hydrogen (secondary N) is 1. The maximum atomic E-state index is 12.2. The van der Waals surface area contributed by atoms with Crippen molar-refractivity contribution >= 4 is 18.3 Å². The molecule has 0 saturated heterocycles. The van der Waals surface area contributed by atoms with Gasteiger partial charge in [-0.05, 0) is 50.0 Å². The van der Waals surface area contributed by atoms with Crippen LogP contribution in [0.15, 0.2) is 0 Å². The molecular weight excluding hydrogens is 272 g/mol. The van der Waals surface area contributed by atoms with E-state index in [2.05, 4.69) is 12.2 Å². The lowest BCUT2D eigenvalue weighted by Gasteiger charge is -2.27. The van der Waals surface area contributed by atoms with Crippen LogP contribution in [0, 0.1) is 23.7 Å². The van der Waals surface area contributed by atoms with Crippen LogP contribution in [0.4, 0.5) is 0 Å². The number of carbonyl (C=O) groups excluding carboxylic acids is 1. The molecule has 4 atom stereocenters. The summed E-state index contributed by atoms with van der Waals surface area (Å²) >= 11 is 0. The van der Waals surface area contributed by atoms with Gasteiger partial charge in [0, 0.05) is 12.5 Å². The van der Waals surface area contributed by atoms with Gasteiger partial charge in [-0.3, -0.25) is 4.79 Å². The molecule has 3 N–H and O–H groups in total. The third kappa shape index (κ3) is 4.92. The monoisotopic (exact) mass is 302 g/mol. The first kappa shape index (κ1) is 17.8. The molecule has 0 aromatic heterocycles. The Labute approximate surface area is 129 Å². The maximum Gasteiger partial charge on any atom is 0.223 e. The summed E-state index contributed by atoms with van der Waals surface area (Å²) in [5, 5.41) is 3.16. The van der Waals surface area contributed by atoms with E-state index in [-0.39, 0.29) is 24.2 Å². The van der Waals surface area contributed by atoms with Gasteiger partial charge in [0.2, 0.25) is 5.91 Å². The normalized spacial score (nSPS) is 33.5. The van der Waals surface area contributed by atoms with Gasteiger partial charge < -0.3 is 11.1 Å². The lowest BCUT2D eigenvalue weighted by molar-refractivity contribution is -0.126. The summed E-state index contributed by atoms with van der Waals surface area (Å²) in [6, 6.07) is 0. The molecule has 2 rings (SSSR count). The van der Waals surface area contributed by atoms with Crippen molar-refractivity contribution in [2.75, 3.05) is 13.1 Å². The molecule has 20 heavy (non-hydrogen) atoms. The van der Waals surface area contributed by atoms with Crippen molar-refractivity contribution in [2.45, 2.75) is 58.3 Å². The first-order valence-electron chi connectivity index (χ1n) is 8.18. The molecule has 0 aromatic rings. The lowest BCUT2D eigenvalue weighted by atomic mass is 9.81. The van der Waals surface area contributed by atoms with E-state index in [4.69, 9.17) is 5.73 Å². The molecule has 2 aliphatic carbocycles. The van der Waals surface area contributed by atoms with Crippen molar-refractivity contribution < 1.29 is 4.79 Å². The summed E-state index contributed by atoms with van der Waals surface area (Å²) < 4.78 is 0. The van der Waals surface area contributed by atoms with Crippen LogP contribution < -0.4 is 11.1 Å². The molecule has 2 saturated carbocycles. The molecular formula is C16H31ClN2O. The zero-order valence-electron chi connectivity index (χ0n) is 12.8. The van der Waals surface area contributed by atoms with Crippen molar-refractivity contribution in [3.8, 4) is 0 Å². The zero-order valence-corrected chi connectivity index (χ0v) is 13.6. The van der Waals surface area contributed by atoms with Crippen LogP contribution in [0.2, 0.25) is 0 Å². The second-order valence-electron chi connectivity index (χ2n) is 6.75. The van der Waals surface area contributed by atoms with Gasteiger partial charge in [0.05, 0.1) is 0 Å². The Balaban J connectivity index is 0.00000200. The highest BCUT2D eigenvalue weighted by atomic mass is 35.5. The van der Waals surface area contributed by atoms with Gasteiger partial charge in [0.15, 0.2) is 0 Å². The summed E-state index contributed by atoms with van der Waals surface area (Å²) in [4.78, 5) is 12.2. The molecule has 0 aromatic carbocycles. The van der Waals surface area contributed by atoms with Crippen molar-refractivity contribution in [1.82, 2.24) is 5.32 Å². The molecule has 0 bridgehead atoms. The van der Waals surface area contributed by atoms with E-state index in [0.29, 0.717) is 12.5 Å². The Hall–Kier alpha value is -0.280. The van der Waals surface area contributed by atoms with Gasteiger partial charge in [-0.2, -0.15) is 0 Å². The molecule has 118 valence electrons. The van der Waals surface area contributed by atoms with E-state index in [1.165, 1.54) is 32.1 Å². The van der Waals surface area contributed by atoms with E-state index in [0.717, 1.165) is 37.6 Å². The van der Waals surface area contributed by atoms with Gasteiger partial charge in [-0.15, -0.1) is 12.4 Å². The van der Waals surface area contributed by atoms with Crippen molar-refractivity contribution in [1.29, 1.82) is 0 Å². The van der Waals surface area contributed by atoms with Gasteiger partial charge in [-0.25, -0.2) is 0 Å². The Morgan fingerprint density at radius 1 is 1.20 bits per heavy atom. The van der Waals surface area contributed by atoms with E-state index >= 15 is 0 Å². The van der Waals surface area contributed by atoms with E-state index < -0.39 is 0 Å². The summed E-state index contributed by atoms with van der Waals surface area (Å²) in [6.07, 6.45) is 9.97. The number of nitrogens with two attached hydrogens (primary N) is 1. The predicted octanol–water partition coefficient (Wildman–Crippen LogP) is 3.12. The fourth-order valence-electron chi connectivity index (χ4n) is 4.02. The van der Waals surface area contributed by atoms with Crippen LogP contribution >= 0.6 is 12.4 Å².